The van der Waals surface area contributed by atoms with Gasteiger partial charge >= 0.3 is 11.9 Å². The maximum absolute atomic E-state index is 12.4. The monoisotopic (exact) mass is 400 g/mol. The summed E-state index contributed by atoms with van der Waals surface area (Å²) in [5, 5.41) is 0. The van der Waals surface area contributed by atoms with Crippen molar-refractivity contribution in [2.75, 3.05) is 0 Å². The molecule has 0 aromatic heterocycles. The van der Waals surface area contributed by atoms with Gasteiger partial charge in [-0.2, -0.15) is 0 Å². The van der Waals surface area contributed by atoms with E-state index < -0.39 is 5.97 Å². The van der Waals surface area contributed by atoms with Crippen molar-refractivity contribution in [3.05, 3.63) is 84.4 Å². The van der Waals surface area contributed by atoms with Crippen molar-refractivity contribution in [1.82, 2.24) is 0 Å². The zero-order valence-electron chi connectivity index (χ0n) is 16.8. The summed E-state index contributed by atoms with van der Waals surface area (Å²) < 4.78 is 10.9. The van der Waals surface area contributed by atoms with Crippen LogP contribution in [-0.2, 0) is 4.79 Å². The molecule has 30 heavy (non-hydrogen) atoms. The number of rotatable bonds is 5. The Hall–Kier alpha value is -3.40. The summed E-state index contributed by atoms with van der Waals surface area (Å²) in [6.45, 7) is 0. The van der Waals surface area contributed by atoms with E-state index in [-0.39, 0.29) is 11.9 Å². The Bertz CT molecular complexity index is 985. The van der Waals surface area contributed by atoms with E-state index in [2.05, 4.69) is 0 Å². The van der Waals surface area contributed by atoms with Crippen LogP contribution in [0.3, 0.4) is 0 Å². The highest BCUT2D eigenvalue weighted by molar-refractivity contribution is 5.91. The first-order valence-electron chi connectivity index (χ1n) is 10.4. The Balaban J connectivity index is 1.35. The first-order chi connectivity index (χ1) is 14.7. The van der Waals surface area contributed by atoms with Gasteiger partial charge in [-0.25, -0.2) is 4.79 Å². The maximum Gasteiger partial charge on any atom is 0.343 e. The molecule has 0 amide bonds. The third kappa shape index (κ3) is 4.95. The van der Waals surface area contributed by atoms with Crippen molar-refractivity contribution in [1.29, 1.82) is 0 Å². The van der Waals surface area contributed by atoms with Crippen LogP contribution in [-0.4, -0.2) is 11.9 Å². The summed E-state index contributed by atoms with van der Waals surface area (Å²) in [4.78, 5) is 24.7. The van der Waals surface area contributed by atoms with Crippen LogP contribution < -0.4 is 9.47 Å². The van der Waals surface area contributed by atoms with E-state index in [0.717, 1.165) is 36.8 Å². The summed E-state index contributed by atoms with van der Waals surface area (Å²) >= 11 is 0. The molecular formula is C26H24O4. The zero-order valence-corrected chi connectivity index (χ0v) is 16.8. The third-order valence-corrected chi connectivity index (χ3v) is 5.42. The lowest BCUT2D eigenvalue weighted by Gasteiger charge is -2.19. The number of benzene rings is 3. The van der Waals surface area contributed by atoms with Crippen molar-refractivity contribution < 1.29 is 19.1 Å². The van der Waals surface area contributed by atoms with E-state index in [1.807, 2.05) is 42.5 Å². The van der Waals surface area contributed by atoms with E-state index >= 15 is 0 Å². The molecule has 0 N–H and O–H groups in total. The largest absolute Gasteiger partial charge is 0.426 e. The number of hydrogen-bond acceptors (Lipinski definition) is 4. The van der Waals surface area contributed by atoms with Gasteiger partial charge in [-0.05, 0) is 60.4 Å². The molecule has 1 saturated carbocycles. The van der Waals surface area contributed by atoms with Gasteiger partial charge in [0.25, 0.3) is 0 Å². The molecule has 0 aliphatic heterocycles. The molecule has 4 nitrogen and oxygen atoms in total. The molecule has 0 unspecified atom stereocenters. The molecule has 0 bridgehead atoms. The molecule has 1 aliphatic carbocycles. The number of ether oxygens (including phenoxy) is 2. The maximum atomic E-state index is 12.4. The van der Waals surface area contributed by atoms with E-state index in [9.17, 15) is 9.59 Å². The van der Waals surface area contributed by atoms with Gasteiger partial charge in [0.15, 0.2) is 0 Å². The van der Waals surface area contributed by atoms with Gasteiger partial charge in [0, 0.05) is 0 Å². The van der Waals surface area contributed by atoms with Gasteiger partial charge in [0.2, 0.25) is 0 Å². The molecule has 4 heteroatoms. The predicted molar refractivity (Wildman–Crippen MR) is 115 cm³/mol. The van der Waals surface area contributed by atoms with E-state index in [0.29, 0.717) is 17.1 Å². The van der Waals surface area contributed by atoms with E-state index in [4.69, 9.17) is 9.47 Å². The first-order valence-corrected chi connectivity index (χ1v) is 10.4. The fraction of sp³-hybridized carbons (Fsp3) is 0.231. The van der Waals surface area contributed by atoms with Gasteiger partial charge in [-0.1, -0.05) is 61.7 Å². The molecule has 1 aliphatic rings. The topological polar surface area (TPSA) is 52.6 Å². The summed E-state index contributed by atoms with van der Waals surface area (Å²) in [5.41, 5.74) is 2.56. The summed E-state index contributed by atoms with van der Waals surface area (Å²) in [5.74, 6) is 0.292. The van der Waals surface area contributed by atoms with Gasteiger partial charge in [-0.3, -0.25) is 4.79 Å². The molecule has 4 rings (SSSR count). The van der Waals surface area contributed by atoms with Crippen molar-refractivity contribution in [3.63, 3.8) is 0 Å². The predicted octanol–water partition coefficient (Wildman–Crippen LogP) is 6.06. The lowest BCUT2D eigenvalue weighted by atomic mass is 9.89. The fourth-order valence-corrected chi connectivity index (χ4v) is 3.71. The van der Waals surface area contributed by atoms with Crippen LogP contribution in [0.15, 0.2) is 78.9 Å². The van der Waals surface area contributed by atoms with Crippen molar-refractivity contribution >= 4 is 11.9 Å². The van der Waals surface area contributed by atoms with Crippen LogP contribution in [0.4, 0.5) is 0 Å². The second-order valence-corrected chi connectivity index (χ2v) is 7.56. The normalized spacial score (nSPS) is 14.1. The number of carbonyl (C=O) groups excluding carboxylic acids is 2. The molecule has 0 radical (unpaired) electrons. The van der Waals surface area contributed by atoms with Crippen LogP contribution in [0.2, 0.25) is 0 Å². The molecule has 152 valence electrons. The quantitative estimate of drug-likeness (QED) is 0.386. The van der Waals surface area contributed by atoms with Crippen LogP contribution in [0, 0.1) is 5.92 Å². The molecule has 0 heterocycles. The second kappa shape index (κ2) is 9.40. The number of esters is 2. The Morgan fingerprint density at radius 3 is 1.87 bits per heavy atom. The second-order valence-electron chi connectivity index (χ2n) is 7.56. The molecular weight excluding hydrogens is 376 g/mol. The average molecular weight is 400 g/mol. The SMILES string of the molecule is O=C(Oc1ccc(-c2ccccc2)cc1)c1ccc(OC(=O)C2CCCCC2)cc1. The summed E-state index contributed by atoms with van der Waals surface area (Å²) in [7, 11) is 0. The van der Waals surface area contributed by atoms with Crippen molar-refractivity contribution in [2.24, 2.45) is 5.92 Å². The minimum absolute atomic E-state index is 0.0118. The van der Waals surface area contributed by atoms with Crippen LogP contribution in [0.5, 0.6) is 11.5 Å². The summed E-state index contributed by atoms with van der Waals surface area (Å²) in [6, 6.07) is 23.9. The lowest BCUT2D eigenvalue weighted by molar-refractivity contribution is -0.139. The molecule has 3 aromatic rings. The highest BCUT2D eigenvalue weighted by Gasteiger charge is 2.23. The van der Waals surface area contributed by atoms with Crippen LogP contribution >= 0.6 is 0 Å². The van der Waals surface area contributed by atoms with Gasteiger partial charge in [-0.15, -0.1) is 0 Å². The zero-order chi connectivity index (χ0) is 20.8. The third-order valence-electron chi connectivity index (χ3n) is 5.42. The molecule has 0 atom stereocenters. The van der Waals surface area contributed by atoms with Gasteiger partial charge < -0.3 is 9.47 Å². The standard InChI is InChI=1S/C26H24O4/c27-25(21-9-5-2-6-10-21)29-24-17-13-22(14-18-24)26(28)30-23-15-11-20(12-16-23)19-7-3-1-4-8-19/h1,3-4,7-8,11-18,21H,2,5-6,9-10H2. The van der Waals surface area contributed by atoms with Crippen molar-refractivity contribution in [2.45, 2.75) is 32.1 Å². The smallest absolute Gasteiger partial charge is 0.343 e. The first kappa shape index (κ1) is 19.9. The molecule has 1 fully saturated rings. The Kier molecular flexibility index (Phi) is 6.23. The fourth-order valence-electron chi connectivity index (χ4n) is 3.71. The number of carbonyl (C=O) groups is 2. The highest BCUT2D eigenvalue weighted by atomic mass is 16.5. The minimum atomic E-state index is -0.451. The Labute approximate surface area is 176 Å². The summed E-state index contributed by atoms with van der Waals surface area (Å²) in [6.07, 6.45) is 5.14. The minimum Gasteiger partial charge on any atom is -0.426 e. The molecule has 0 saturated heterocycles. The van der Waals surface area contributed by atoms with Gasteiger partial charge in [0.1, 0.15) is 11.5 Å². The van der Waals surface area contributed by atoms with E-state index in [1.54, 1.807) is 36.4 Å². The average Bonchev–Trinajstić information content (AvgIpc) is 2.81. The number of hydrogen-bond donors (Lipinski definition) is 0. The van der Waals surface area contributed by atoms with Crippen LogP contribution in [0.25, 0.3) is 11.1 Å². The Morgan fingerprint density at radius 1 is 0.633 bits per heavy atom. The lowest BCUT2D eigenvalue weighted by Crippen LogP contribution is -2.22. The van der Waals surface area contributed by atoms with E-state index in [1.165, 1.54) is 6.42 Å². The molecule has 3 aromatic carbocycles. The molecule has 0 spiro atoms. The van der Waals surface area contributed by atoms with Gasteiger partial charge in [0.05, 0.1) is 11.5 Å². The highest BCUT2D eigenvalue weighted by Crippen LogP contribution is 2.26. The van der Waals surface area contributed by atoms with Crippen LogP contribution in [0.1, 0.15) is 42.5 Å². The Morgan fingerprint density at radius 2 is 1.20 bits per heavy atom. The van der Waals surface area contributed by atoms with Crippen molar-refractivity contribution in [3.8, 4) is 22.6 Å².